The summed E-state index contributed by atoms with van der Waals surface area (Å²) in [4.78, 5) is 0. The van der Waals surface area contributed by atoms with E-state index in [0.717, 1.165) is 0 Å². The van der Waals surface area contributed by atoms with Crippen LogP contribution in [-0.2, 0) is 4.74 Å². The maximum absolute atomic E-state index is 6.68. The molecule has 4 atom stereocenters. The van der Waals surface area contributed by atoms with Gasteiger partial charge in [0.1, 0.15) is 0 Å². The van der Waals surface area contributed by atoms with Gasteiger partial charge in [-0.05, 0) is 22.7 Å². The van der Waals surface area contributed by atoms with Crippen molar-refractivity contribution in [1.82, 2.24) is 0 Å². The zero-order chi connectivity index (χ0) is 15.4. The van der Waals surface area contributed by atoms with E-state index in [1.807, 2.05) is 0 Å². The Morgan fingerprint density at radius 2 is 0.947 bits per heavy atom. The van der Waals surface area contributed by atoms with Crippen LogP contribution >= 0.6 is 0 Å². The Kier molecular flexibility index (Phi) is 7.09. The number of hydrogen-bond donors (Lipinski definition) is 0. The lowest BCUT2D eigenvalue weighted by Crippen LogP contribution is -2.44. The molecule has 0 aromatic rings. The Morgan fingerprint density at radius 1 is 0.684 bits per heavy atom. The topological polar surface area (TPSA) is 9.23 Å². The average molecular weight is 271 g/mol. The SMILES string of the molecule is CCC(C)C(OC(C(C)CC)C(C)(C)C)C(C)(C)C. The highest BCUT2D eigenvalue weighted by Crippen LogP contribution is 2.37. The molecule has 0 aromatic heterocycles. The summed E-state index contributed by atoms with van der Waals surface area (Å²) < 4.78 is 6.68. The quantitative estimate of drug-likeness (QED) is 0.581. The van der Waals surface area contributed by atoms with E-state index in [9.17, 15) is 0 Å². The van der Waals surface area contributed by atoms with Gasteiger partial charge >= 0.3 is 0 Å². The molecule has 1 nitrogen and oxygen atoms in total. The van der Waals surface area contributed by atoms with Crippen molar-refractivity contribution in [2.45, 2.75) is 94.3 Å². The van der Waals surface area contributed by atoms with Crippen LogP contribution in [0.3, 0.4) is 0 Å². The molecule has 1 heteroatoms. The summed E-state index contributed by atoms with van der Waals surface area (Å²) in [5.74, 6) is 1.21. The molecule has 0 amide bonds. The van der Waals surface area contributed by atoms with Gasteiger partial charge in [-0.25, -0.2) is 0 Å². The molecule has 116 valence electrons. The molecule has 0 aliphatic carbocycles. The molecule has 0 N–H and O–H groups in total. The summed E-state index contributed by atoms with van der Waals surface area (Å²) in [5, 5.41) is 0. The number of rotatable bonds is 6. The summed E-state index contributed by atoms with van der Waals surface area (Å²) in [6, 6.07) is 0. The summed E-state index contributed by atoms with van der Waals surface area (Å²) in [5.41, 5.74) is 0.402. The fourth-order valence-corrected chi connectivity index (χ4v) is 2.97. The molecule has 0 saturated carbocycles. The van der Waals surface area contributed by atoms with Crippen molar-refractivity contribution in [2.75, 3.05) is 0 Å². The van der Waals surface area contributed by atoms with E-state index in [-0.39, 0.29) is 10.8 Å². The van der Waals surface area contributed by atoms with Crippen molar-refractivity contribution in [2.24, 2.45) is 22.7 Å². The molecular formula is C18H38O. The Balaban J connectivity index is 5.16. The van der Waals surface area contributed by atoms with Crippen LogP contribution < -0.4 is 0 Å². The van der Waals surface area contributed by atoms with E-state index < -0.39 is 0 Å². The normalized spacial score (nSPS) is 19.9. The van der Waals surface area contributed by atoms with Crippen LogP contribution in [0, 0.1) is 22.7 Å². The standard InChI is InChI=1S/C18H38O/c1-11-13(3)15(17(5,6)7)19-16(14(4)12-2)18(8,9)10/h13-16H,11-12H2,1-10H3. The van der Waals surface area contributed by atoms with Gasteiger partial charge in [0.2, 0.25) is 0 Å². The van der Waals surface area contributed by atoms with Crippen molar-refractivity contribution in [3.63, 3.8) is 0 Å². The first-order chi connectivity index (χ1) is 8.45. The molecular weight excluding hydrogens is 232 g/mol. The van der Waals surface area contributed by atoms with E-state index in [1.165, 1.54) is 12.8 Å². The Labute approximate surface area is 122 Å². The van der Waals surface area contributed by atoms with Crippen molar-refractivity contribution in [1.29, 1.82) is 0 Å². The van der Waals surface area contributed by atoms with Gasteiger partial charge in [0.25, 0.3) is 0 Å². The third kappa shape index (κ3) is 5.85. The second kappa shape index (κ2) is 7.11. The van der Waals surface area contributed by atoms with Crippen LogP contribution in [0.15, 0.2) is 0 Å². The molecule has 0 saturated heterocycles. The highest BCUT2D eigenvalue weighted by molar-refractivity contribution is 4.85. The first-order valence-corrected chi connectivity index (χ1v) is 8.10. The fraction of sp³-hybridized carbons (Fsp3) is 1.00. The van der Waals surface area contributed by atoms with Crippen molar-refractivity contribution in [3.05, 3.63) is 0 Å². The third-order valence-electron chi connectivity index (χ3n) is 4.32. The molecule has 0 fully saturated rings. The minimum atomic E-state index is 0.201. The molecule has 0 radical (unpaired) electrons. The van der Waals surface area contributed by atoms with Gasteiger partial charge in [-0.1, -0.05) is 82.1 Å². The van der Waals surface area contributed by atoms with Gasteiger partial charge in [-0.2, -0.15) is 0 Å². The second-order valence-corrected chi connectivity index (χ2v) is 8.48. The van der Waals surface area contributed by atoms with E-state index in [4.69, 9.17) is 4.74 Å². The fourth-order valence-electron chi connectivity index (χ4n) is 2.97. The molecule has 0 aliphatic rings. The number of ether oxygens (including phenoxy) is 1. The van der Waals surface area contributed by atoms with Gasteiger partial charge in [-0.3, -0.25) is 0 Å². The second-order valence-electron chi connectivity index (χ2n) is 8.48. The predicted molar refractivity (Wildman–Crippen MR) is 86.5 cm³/mol. The predicted octanol–water partition coefficient (Wildman–Crippen LogP) is 5.92. The van der Waals surface area contributed by atoms with E-state index in [0.29, 0.717) is 24.0 Å². The van der Waals surface area contributed by atoms with E-state index in [1.54, 1.807) is 0 Å². The van der Waals surface area contributed by atoms with Crippen LogP contribution in [0.1, 0.15) is 82.1 Å². The molecule has 0 aromatic carbocycles. The molecule has 0 spiro atoms. The summed E-state index contributed by atoms with van der Waals surface area (Å²) in [6.45, 7) is 23.0. The number of hydrogen-bond acceptors (Lipinski definition) is 1. The molecule has 19 heavy (non-hydrogen) atoms. The maximum atomic E-state index is 6.68. The molecule has 0 bridgehead atoms. The lowest BCUT2D eigenvalue weighted by Gasteiger charge is -2.43. The van der Waals surface area contributed by atoms with Crippen molar-refractivity contribution >= 4 is 0 Å². The van der Waals surface area contributed by atoms with E-state index in [2.05, 4.69) is 69.2 Å². The van der Waals surface area contributed by atoms with E-state index >= 15 is 0 Å². The zero-order valence-corrected chi connectivity index (χ0v) is 15.1. The zero-order valence-electron chi connectivity index (χ0n) is 15.1. The lowest BCUT2D eigenvalue weighted by atomic mass is 9.77. The lowest BCUT2D eigenvalue weighted by molar-refractivity contribution is -0.147. The van der Waals surface area contributed by atoms with Gasteiger partial charge < -0.3 is 4.74 Å². The van der Waals surface area contributed by atoms with Crippen molar-refractivity contribution < 1.29 is 4.74 Å². The van der Waals surface area contributed by atoms with Crippen LogP contribution in [0.4, 0.5) is 0 Å². The first kappa shape index (κ1) is 19.0. The van der Waals surface area contributed by atoms with Gasteiger partial charge in [0, 0.05) is 0 Å². The first-order valence-electron chi connectivity index (χ1n) is 8.10. The molecule has 0 aliphatic heterocycles. The van der Waals surface area contributed by atoms with Gasteiger partial charge in [0.05, 0.1) is 12.2 Å². The van der Waals surface area contributed by atoms with Crippen LogP contribution in [0.25, 0.3) is 0 Å². The highest BCUT2D eigenvalue weighted by atomic mass is 16.5. The summed E-state index contributed by atoms with van der Waals surface area (Å²) >= 11 is 0. The van der Waals surface area contributed by atoms with Crippen LogP contribution in [0.2, 0.25) is 0 Å². The third-order valence-corrected chi connectivity index (χ3v) is 4.32. The van der Waals surface area contributed by atoms with Crippen LogP contribution in [-0.4, -0.2) is 12.2 Å². The Bertz CT molecular complexity index is 217. The summed E-state index contributed by atoms with van der Waals surface area (Å²) in [7, 11) is 0. The van der Waals surface area contributed by atoms with Gasteiger partial charge in [0.15, 0.2) is 0 Å². The minimum absolute atomic E-state index is 0.201. The summed E-state index contributed by atoms with van der Waals surface area (Å²) in [6.07, 6.45) is 3.02. The van der Waals surface area contributed by atoms with Gasteiger partial charge in [-0.15, -0.1) is 0 Å². The molecule has 0 heterocycles. The van der Waals surface area contributed by atoms with Crippen molar-refractivity contribution in [3.8, 4) is 0 Å². The minimum Gasteiger partial charge on any atom is -0.373 e. The average Bonchev–Trinajstić information content (AvgIpc) is 2.24. The Hall–Kier alpha value is -0.0400. The molecule has 4 unspecified atom stereocenters. The largest absolute Gasteiger partial charge is 0.373 e. The smallest absolute Gasteiger partial charge is 0.0652 e. The molecule has 0 rings (SSSR count). The van der Waals surface area contributed by atoms with Crippen LogP contribution in [0.5, 0.6) is 0 Å². The Morgan fingerprint density at radius 3 is 1.11 bits per heavy atom. The highest BCUT2D eigenvalue weighted by Gasteiger charge is 2.37. The monoisotopic (exact) mass is 270 g/mol. The maximum Gasteiger partial charge on any atom is 0.0652 e.